The van der Waals surface area contributed by atoms with Crippen LogP contribution in [0.25, 0.3) is 17.0 Å². The number of fused-ring (bicyclic) bond motifs is 1. The van der Waals surface area contributed by atoms with Gasteiger partial charge in [0.25, 0.3) is 17.2 Å². The van der Waals surface area contributed by atoms with E-state index in [1.165, 1.54) is 9.25 Å². The summed E-state index contributed by atoms with van der Waals surface area (Å²) in [6.45, 7) is 1.74. The SMILES string of the molecule is Cc1[nH]n(-c2cccc(Cl)c2)c(=O)c1C1=C([n+]2ccccc2)C(=O)N(c2ccc3c(c2)OCO3)C1=O. The van der Waals surface area contributed by atoms with Crippen molar-refractivity contribution in [3.05, 3.63) is 99.7 Å². The number of hydrogen-bond donors (Lipinski definition) is 1. The number of aromatic amines is 1. The summed E-state index contributed by atoms with van der Waals surface area (Å²) in [5, 5.41) is 3.47. The molecule has 0 atom stereocenters. The molecular weight excluding hydrogens is 484 g/mol. The molecule has 0 unspecified atom stereocenters. The molecule has 6 rings (SSSR count). The lowest BCUT2D eigenvalue weighted by atomic mass is 10.1. The molecule has 0 spiro atoms. The number of amides is 2. The Morgan fingerprint density at radius 2 is 1.67 bits per heavy atom. The van der Waals surface area contributed by atoms with E-state index in [-0.39, 0.29) is 23.6 Å². The lowest BCUT2D eigenvalue weighted by Gasteiger charge is -2.14. The molecule has 2 aliphatic heterocycles. The van der Waals surface area contributed by atoms with Gasteiger partial charge in [0.05, 0.1) is 16.9 Å². The highest BCUT2D eigenvalue weighted by molar-refractivity contribution is 6.53. The molecule has 0 aliphatic carbocycles. The zero-order valence-corrected chi connectivity index (χ0v) is 19.7. The molecule has 4 aromatic rings. The molecule has 2 aliphatic rings. The molecular formula is C26H18ClN4O5+. The smallest absolute Gasteiger partial charge is 0.331 e. The van der Waals surface area contributed by atoms with Crippen molar-refractivity contribution in [3.63, 3.8) is 0 Å². The molecule has 2 amide bonds. The number of nitrogens with one attached hydrogen (secondary N) is 1. The van der Waals surface area contributed by atoms with Gasteiger partial charge in [-0.05, 0) is 37.3 Å². The molecule has 4 heterocycles. The molecule has 0 radical (unpaired) electrons. The Bertz CT molecular complexity index is 1650. The van der Waals surface area contributed by atoms with Crippen LogP contribution < -0.4 is 24.5 Å². The van der Waals surface area contributed by atoms with Gasteiger partial charge in [-0.2, -0.15) is 4.57 Å². The second-order valence-electron chi connectivity index (χ2n) is 8.22. The molecule has 2 aromatic heterocycles. The Morgan fingerprint density at radius 1 is 0.889 bits per heavy atom. The molecule has 0 saturated carbocycles. The molecule has 178 valence electrons. The number of hydrogen-bond acceptors (Lipinski definition) is 5. The van der Waals surface area contributed by atoms with Gasteiger partial charge in [0.1, 0.15) is 5.57 Å². The summed E-state index contributed by atoms with van der Waals surface area (Å²) in [6, 6.07) is 16.8. The standard InChI is InChI=1S/C26H17ClN4O5/c1-15-21(25(33)31(28-15)18-7-5-6-16(27)12-18)22-23(29-10-3-2-4-11-29)26(34)30(24(22)32)17-8-9-19-20(13-17)36-14-35-19/h2-13H,14H2,1H3/p+1. The topological polar surface area (TPSA) is 97.5 Å². The van der Waals surface area contributed by atoms with E-state index in [1.54, 1.807) is 80.0 Å². The third-order valence-electron chi connectivity index (χ3n) is 6.04. The predicted molar refractivity (Wildman–Crippen MR) is 131 cm³/mol. The highest BCUT2D eigenvalue weighted by Crippen LogP contribution is 2.39. The minimum atomic E-state index is -0.623. The Balaban J connectivity index is 1.55. The fourth-order valence-electron chi connectivity index (χ4n) is 4.43. The zero-order valence-electron chi connectivity index (χ0n) is 18.9. The number of anilines is 1. The van der Waals surface area contributed by atoms with Crippen LogP contribution in [0.15, 0.2) is 77.9 Å². The fourth-order valence-corrected chi connectivity index (χ4v) is 4.61. The predicted octanol–water partition coefficient (Wildman–Crippen LogP) is 3.09. The summed E-state index contributed by atoms with van der Waals surface area (Å²) in [5.41, 5.74) is 0.916. The van der Waals surface area contributed by atoms with Crippen molar-refractivity contribution in [1.82, 2.24) is 9.78 Å². The average molecular weight is 502 g/mol. The monoisotopic (exact) mass is 501 g/mol. The third-order valence-corrected chi connectivity index (χ3v) is 6.27. The van der Waals surface area contributed by atoms with Gasteiger partial charge in [-0.15, -0.1) is 0 Å². The van der Waals surface area contributed by atoms with Crippen molar-refractivity contribution >= 4 is 40.4 Å². The number of pyridine rings is 1. The summed E-state index contributed by atoms with van der Waals surface area (Å²) in [4.78, 5) is 42.3. The van der Waals surface area contributed by atoms with Gasteiger partial charge in [0.2, 0.25) is 6.79 Å². The van der Waals surface area contributed by atoms with Crippen LogP contribution in [0.3, 0.4) is 0 Å². The van der Waals surface area contributed by atoms with Crippen LogP contribution in [0.4, 0.5) is 5.69 Å². The molecule has 0 saturated heterocycles. The Morgan fingerprint density at radius 3 is 2.44 bits per heavy atom. The summed E-state index contributed by atoms with van der Waals surface area (Å²) in [6.07, 6.45) is 3.31. The second-order valence-corrected chi connectivity index (χ2v) is 8.66. The van der Waals surface area contributed by atoms with Gasteiger partial charge in [0.15, 0.2) is 23.9 Å². The number of carbonyl (C=O) groups is 2. The van der Waals surface area contributed by atoms with Crippen LogP contribution >= 0.6 is 11.6 Å². The summed E-state index contributed by atoms with van der Waals surface area (Å²) in [5.74, 6) is -0.242. The summed E-state index contributed by atoms with van der Waals surface area (Å²) < 4.78 is 13.6. The van der Waals surface area contributed by atoms with Gasteiger partial charge < -0.3 is 9.47 Å². The van der Waals surface area contributed by atoms with Crippen molar-refractivity contribution in [3.8, 4) is 17.2 Å². The maximum absolute atomic E-state index is 13.9. The number of benzene rings is 2. The van der Waals surface area contributed by atoms with E-state index >= 15 is 0 Å². The molecule has 36 heavy (non-hydrogen) atoms. The second kappa shape index (κ2) is 8.24. The first kappa shape index (κ1) is 21.9. The van der Waals surface area contributed by atoms with Gasteiger partial charge in [-0.3, -0.25) is 19.5 Å². The van der Waals surface area contributed by atoms with Gasteiger partial charge >= 0.3 is 5.91 Å². The number of carbonyl (C=O) groups excluding carboxylic acids is 2. The molecule has 1 N–H and O–H groups in total. The highest BCUT2D eigenvalue weighted by atomic mass is 35.5. The van der Waals surface area contributed by atoms with E-state index in [2.05, 4.69) is 5.10 Å². The molecule has 9 nitrogen and oxygen atoms in total. The molecule has 0 bridgehead atoms. The Kier molecular flexibility index (Phi) is 5.01. The highest BCUT2D eigenvalue weighted by Gasteiger charge is 2.48. The first-order valence-corrected chi connectivity index (χ1v) is 11.4. The molecule has 2 aromatic carbocycles. The van der Waals surface area contributed by atoms with E-state index in [4.69, 9.17) is 21.1 Å². The van der Waals surface area contributed by atoms with E-state index in [0.29, 0.717) is 33.6 Å². The van der Waals surface area contributed by atoms with Crippen LogP contribution in [0.1, 0.15) is 11.3 Å². The fraction of sp³-hybridized carbons (Fsp3) is 0.0769. The maximum atomic E-state index is 13.9. The number of rotatable bonds is 4. The van der Waals surface area contributed by atoms with Crippen LogP contribution in [0.2, 0.25) is 5.02 Å². The number of H-pyrrole nitrogens is 1. The van der Waals surface area contributed by atoms with Crippen molar-refractivity contribution in [2.75, 3.05) is 11.7 Å². The number of aryl methyl sites for hydroxylation is 1. The van der Waals surface area contributed by atoms with Crippen molar-refractivity contribution in [2.24, 2.45) is 0 Å². The number of nitrogens with zero attached hydrogens (tertiary/aromatic N) is 3. The lowest BCUT2D eigenvalue weighted by Crippen LogP contribution is -2.39. The number of halogens is 1. The number of ether oxygens (including phenoxy) is 2. The summed E-state index contributed by atoms with van der Waals surface area (Å²) >= 11 is 6.13. The van der Waals surface area contributed by atoms with Crippen molar-refractivity contribution in [2.45, 2.75) is 6.92 Å². The summed E-state index contributed by atoms with van der Waals surface area (Å²) in [7, 11) is 0. The minimum Gasteiger partial charge on any atom is -0.454 e. The molecule has 10 heteroatoms. The number of imide groups is 1. The maximum Gasteiger partial charge on any atom is 0.331 e. The van der Waals surface area contributed by atoms with E-state index in [1.807, 2.05) is 0 Å². The third kappa shape index (κ3) is 3.32. The van der Waals surface area contributed by atoms with Crippen LogP contribution in [-0.4, -0.2) is 28.4 Å². The van der Waals surface area contributed by atoms with E-state index in [0.717, 1.165) is 4.90 Å². The van der Waals surface area contributed by atoms with E-state index < -0.39 is 17.4 Å². The Labute approximate surface area is 209 Å². The van der Waals surface area contributed by atoms with Crippen LogP contribution in [0, 0.1) is 6.92 Å². The van der Waals surface area contributed by atoms with Crippen molar-refractivity contribution < 1.29 is 23.6 Å². The lowest BCUT2D eigenvalue weighted by molar-refractivity contribution is -0.576. The molecule has 0 fully saturated rings. The van der Waals surface area contributed by atoms with Crippen molar-refractivity contribution in [1.29, 1.82) is 0 Å². The first-order valence-electron chi connectivity index (χ1n) is 11.0. The first-order chi connectivity index (χ1) is 17.4. The van der Waals surface area contributed by atoms with Crippen LogP contribution in [-0.2, 0) is 9.59 Å². The quantitative estimate of drug-likeness (QED) is 0.342. The van der Waals surface area contributed by atoms with Crippen LogP contribution in [0.5, 0.6) is 11.5 Å². The number of aromatic nitrogens is 3. The zero-order chi connectivity index (χ0) is 25.0. The van der Waals surface area contributed by atoms with Gasteiger partial charge in [0, 0.05) is 28.9 Å². The van der Waals surface area contributed by atoms with E-state index in [9.17, 15) is 14.4 Å². The van der Waals surface area contributed by atoms with Gasteiger partial charge in [-0.1, -0.05) is 23.7 Å². The van der Waals surface area contributed by atoms with Gasteiger partial charge in [-0.25, -0.2) is 9.58 Å². The Hall–Kier alpha value is -4.63. The largest absolute Gasteiger partial charge is 0.454 e. The minimum absolute atomic E-state index is 0.00612. The average Bonchev–Trinajstić information content (AvgIpc) is 3.53. The normalized spacial score (nSPS) is 14.8.